The van der Waals surface area contributed by atoms with E-state index >= 15 is 0 Å². The summed E-state index contributed by atoms with van der Waals surface area (Å²) in [4.78, 5) is 0. The summed E-state index contributed by atoms with van der Waals surface area (Å²) in [6, 6.07) is 0. The Labute approximate surface area is 31.8 Å². The predicted molar refractivity (Wildman–Crippen MR) is 15.8 cm³/mol. The van der Waals surface area contributed by atoms with Crippen molar-refractivity contribution in [2.24, 2.45) is 0 Å². The van der Waals surface area contributed by atoms with Crippen molar-refractivity contribution in [3.8, 4) is 0 Å². The Hall–Kier alpha value is 0.230. The van der Waals surface area contributed by atoms with Gasteiger partial charge in [-0.1, -0.05) is 6.26 Å². The van der Waals surface area contributed by atoms with E-state index in [0.29, 0.717) is 6.26 Å². The van der Waals surface area contributed by atoms with Gasteiger partial charge in [-0.05, 0) is 0 Å². The van der Waals surface area contributed by atoms with Crippen molar-refractivity contribution < 1.29 is 13.7 Å². The zero-order valence-electron chi connectivity index (χ0n) is 2.63. The molecule has 34 valence electrons. The molecule has 0 saturated carbocycles. The van der Waals surface area contributed by atoms with Crippen molar-refractivity contribution >= 4 is 10.9 Å². The molecule has 0 aromatic carbocycles. The molecule has 0 radical (unpaired) electrons. The predicted octanol–water partition coefficient (Wildman–Crippen LogP) is -0.188. The van der Waals surface area contributed by atoms with Gasteiger partial charge in [-0.3, -0.25) is 0 Å². The molecule has 0 bridgehead atoms. The molecule has 0 spiro atoms. The molecular weight excluding hydrogens is 92.1 g/mol. The van der Waals surface area contributed by atoms with Crippen molar-refractivity contribution in [1.29, 1.82) is 0 Å². The summed E-state index contributed by atoms with van der Waals surface area (Å²) < 4.78 is 27.2. The van der Waals surface area contributed by atoms with E-state index < -0.39 is 10.9 Å². The van der Waals surface area contributed by atoms with Crippen LogP contribution in [0.25, 0.3) is 0 Å². The zero-order chi connectivity index (χ0) is 4.50. The summed E-state index contributed by atoms with van der Waals surface area (Å²) in [5.41, 5.74) is 0. The maximum absolute atomic E-state index is 9.08. The Morgan fingerprint density at radius 2 is 1.20 bits per heavy atom. The molecule has 0 aliphatic rings. The van der Waals surface area contributed by atoms with Gasteiger partial charge in [0.2, 0.25) is 0 Å². The Morgan fingerprint density at radius 3 is 1.20 bits per heavy atom. The van der Waals surface area contributed by atoms with E-state index in [1.807, 2.05) is 0 Å². The first-order chi connectivity index (χ1) is 2.00. The molecule has 0 aromatic rings. The van der Waals surface area contributed by atoms with Gasteiger partial charge in [-0.15, -0.1) is 0 Å². The van der Waals surface area contributed by atoms with Gasteiger partial charge < -0.3 is 24.5 Å². The van der Waals surface area contributed by atoms with Crippen LogP contribution in [0.5, 0.6) is 0 Å². The fourth-order valence-corrected chi connectivity index (χ4v) is 0. The van der Waals surface area contributed by atoms with Crippen molar-refractivity contribution in [2.45, 2.75) is 0 Å². The van der Waals surface area contributed by atoms with Gasteiger partial charge in [0.1, 0.15) is 0 Å². The second kappa shape index (κ2) is 1.14. The normalized spacial score (nSPS) is 15.2. The van der Waals surface area contributed by atoms with Gasteiger partial charge in [-0.25, -0.2) is 0 Å². The SMILES string of the molecule is CS([O-])([O-])[O-]. The van der Waals surface area contributed by atoms with Crippen molar-refractivity contribution in [2.75, 3.05) is 6.26 Å². The topological polar surface area (TPSA) is 69.2 Å². The summed E-state index contributed by atoms with van der Waals surface area (Å²) >= 11 is 0. The minimum atomic E-state index is -3.92. The molecule has 0 aliphatic carbocycles. The Morgan fingerprint density at radius 1 is 1.20 bits per heavy atom. The van der Waals surface area contributed by atoms with E-state index in [2.05, 4.69) is 0 Å². The number of rotatable bonds is 0. The van der Waals surface area contributed by atoms with Crippen LogP contribution in [-0.4, -0.2) is 19.9 Å². The highest BCUT2D eigenvalue weighted by molar-refractivity contribution is 8.18. The fraction of sp³-hybridized carbons (Fsp3) is 1.00. The summed E-state index contributed by atoms with van der Waals surface area (Å²) in [7, 11) is -3.92. The maximum Gasteiger partial charge on any atom is -0.0713 e. The first-order valence-electron chi connectivity index (χ1n) is 0.908. The monoisotopic (exact) mass is 95.0 g/mol. The molecular formula is CH3O3S-3. The Balaban J connectivity index is 3.02. The van der Waals surface area contributed by atoms with Gasteiger partial charge in [0, 0.05) is 0 Å². The van der Waals surface area contributed by atoms with E-state index in [9.17, 15) is 0 Å². The Kier molecular flexibility index (Phi) is 1.19. The Bertz CT molecular complexity index is 22.4. The number of hydrogen-bond acceptors (Lipinski definition) is 3. The molecule has 0 fully saturated rings. The first-order valence-corrected chi connectivity index (χ1v) is 2.72. The van der Waals surface area contributed by atoms with E-state index in [4.69, 9.17) is 13.7 Å². The largest absolute Gasteiger partial charge is 0.834 e. The lowest BCUT2D eigenvalue weighted by atomic mass is 12.0. The molecule has 0 amide bonds. The summed E-state index contributed by atoms with van der Waals surface area (Å²) in [6.45, 7) is 0. The fourth-order valence-electron chi connectivity index (χ4n) is 0. The molecule has 0 unspecified atom stereocenters. The van der Waals surface area contributed by atoms with Gasteiger partial charge in [0.05, 0.1) is 0 Å². The second-order valence-electron chi connectivity index (χ2n) is 0.704. The van der Waals surface area contributed by atoms with Crippen LogP contribution in [0.15, 0.2) is 0 Å². The zero-order valence-corrected chi connectivity index (χ0v) is 3.45. The lowest BCUT2D eigenvalue weighted by Crippen LogP contribution is -1.88. The van der Waals surface area contributed by atoms with E-state index in [-0.39, 0.29) is 0 Å². The maximum atomic E-state index is 9.08. The van der Waals surface area contributed by atoms with Gasteiger partial charge in [0.15, 0.2) is 0 Å². The minimum absolute atomic E-state index is 0.604. The van der Waals surface area contributed by atoms with Crippen LogP contribution in [0.1, 0.15) is 0 Å². The molecule has 0 N–H and O–H groups in total. The lowest BCUT2D eigenvalue weighted by molar-refractivity contribution is 0.341. The minimum Gasteiger partial charge on any atom is -0.834 e. The van der Waals surface area contributed by atoms with Crippen LogP contribution in [-0.2, 0) is 0 Å². The third-order valence-electron chi connectivity index (χ3n) is 0. The highest BCUT2D eigenvalue weighted by atomic mass is 32.3. The van der Waals surface area contributed by atoms with Crippen molar-refractivity contribution in [3.63, 3.8) is 0 Å². The molecule has 0 atom stereocenters. The number of hydrogen-bond donors (Lipinski definition) is 0. The third-order valence-corrected chi connectivity index (χ3v) is 0. The molecule has 0 rings (SSSR count). The van der Waals surface area contributed by atoms with Crippen molar-refractivity contribution in [3.05, 3.63) is 0 Å². The standard InChI is InChI=1S/CH6O3S/c1-5(2,3)4/h2-4H,1H3/p-3. The van der Waals surface area contributed by atoms with E-state index in [1.165, 1.54) is 0 Å². The van der Waals surface area contributed by atoms with Crippen LogP contribution in [0.2, 0.25) is 0 Å². The highest BCUT2D eigenvalue weighted by Gasteiger charge is 1.45. The van der Waals surface area contributed by atoms with Crippen molar-refractivity contribution in [1.82, 2.24) is 0 Å². The quantitative estimate of drug-likeness (QED) is 0.418. The average molecular weight is 95.1 g/mol. The van der Waals surface area contributed by atoms with Crippen LogP contribution >= 0.6 is 10.9 Å². The van der Waals surface area contributed by atoms with Gasteiger partial charge in [0.25, 0.3) is 0 Å². The molecule has 4 heteroatoms. The molecule has 0 aliphatic heterocycles. The highest BCUT2D eigenvalue weighted by Crippen LogP contribution is 2.23. The van der Waals surface area contributed by atoms with Crippen LogP contribution in [0.4, 0.5) is 0 Å². The van der Waals surface area contributed by atoms with Gasteiger partial charge >= 0.3 is 0 Å². The van der Waals surface area contributed by atoms with Gasteiger partial charge in [-0.2, -0.15) is 0 Å². The lowest BCUT2D eigenvalue weighted by Gasteiger charge is -2.60. The second-order valence-corrected chi connectivity index (χ2v) is 2.11. The molecule has 5 heavy (non-hydrogen) atoms. The van der Waals surface area contributed by atoms with E-state index in [0.717, 1.165) is 0 Å². The molecule has 0 aromatic heterocycles. The van der Waals surface area contributed by atoms with Crippen LogP contribution in [0.3, 0.4) is 0 Å². The van der Waals surface area contributed by atoms with Crippen LogP contribution < -0.4 is 0 Å². The molecule has 0 saturated heterocycles. The average Bonchev–Trinajstić information content (AvgIpc) is 0.722. The molecule has 0 heterocycles. The summed E-state index contributed by atoms with van der Waals surface area (Å²) in [6.07, 6.45) is 0.604. The summed E-state index contributed by atoms with van der Waals surface area (Å²) in [5, 5.41) is 0. The van der Waals surface area contributed by atoms with Crippen LogP contribution in [0, 0.1) is 0 Å². The summed E-state index contributed by atoms with van der Waals surface area (Å²) in [5.74, 6) is 0. The smallest absolute Gasteiger partial charge is 0.0713 e. The first kappa shape index (κ1) is 5.23. The third kappa shape index (κ3) is 398. The molecule has 3 nitrogen and oxygen atoms in total. The van der Waals surface area contributed by atoms with E-state index in [1.54, 1.807) is 0 Å².